The van der Waals surface area contributed by atoms with Crippen LogP contribution < -0.4 is 20.7 Å². The number of carbonyl (C=O) groups excluding carboxylic acids is 1. The number of hydrogen-bond donors (Lipinski definition) is 3. The van der Waals surface area contributed by atoms with Crippen molar-refractivity contribution < 1.29 is 9.53 Å². The molecular formula is C20H33N5O2. The van der Waals surface area contributed by atoms with Gasteiger partial charge in [0.15, 0.2) is 5.96 Å². The largest absolute Gasteiger partial charge is 0.497 e. The van der Waals surface area contributed by atoms with Gasteiger partial charge in [0.25, 0.3) is 0 Å². The Bertz CT molecular complexity index is 629. The highest BCUT2D eigenvalue weighted by atomic mass is 16.5. The first-order valence-electron chi connectivity index (χ1n) is 9.65. The predicted molar refractivity (Wildman–Crippen MR) is 109 cm³/mol. The zero-order valence-electron chi connectivity index (χ0n) is 16.9. The van der Waals surface area contributed by atoms with Gasteiger partial charge >= 0.3 is 0 Å². The van der Waals surface area contributed by atoms with Crippen LogP contribution in [0.2, 0.25) is 0 Å². The van der Waals surface area contributed by atoms with E-state index in [9.17, 15) is 4.79 Å². The van der Waals surface area contributed by atoms with Gasteiger partial charge in [0, 0.05) is 25.6 Å². The molecule has 7 heteroatoms. The standard InChI is InChI=1S/C20H33N5O2/c1-5-21-20(23-12-11-22-19(26)15-9-10-15)24-14-18(25(2)3)16-7-6-8-17(13-16)27-4/h6-8,13,15,18H,5,9-12,14H2,1-4H3,(H,22,26)(H2,21,23,24). The first kappa shape index (κ1) is 21.0. The zero-order valence-corrected chi connectivity index (χ0v) is 16.9. The SMILES string of the molecule is CCNC(=NCC(c1cccc(OC)c1)N(C)C)NCCNC(=O)C1CC1. The second-order valence-corrected chi connectivity index (χ2v) is 6.97. The lowest BCUT2D eigenvalue weighted by Crippen LogP contribution is -2.42. The Morgan fingerprint density at radius 1 is 1.26 bits per heavy atom. The van der Waals surface area contributed by atoms with Gasteiger partial charge in [-0.1, -0.05) is 12.1 Å². The average Bonchev–Trinajstić information content (AvgIpc) is 3.50. The molecule has 1 amide bonds. The van der Waals surface area contributed by atoms with Gasteiger partial charge in [-0.05, 0) is 51.6 Å². The first-order chi connectivity index (χ1) is 13.0. The topological polar surface area (TPSA) is 78.0 Å². The van der Waals surface area contributed by atoms with Crippen LogP contribution in [0.25, 0.3) is 0 Å². The van der Waals surface area contributed by atoms with Crippen molar-refractivity contribution in [2.75, 3.05) is 47.4 Å². The highest BCUT2D eigenvalue weighted by molar-refractivity contribution is 5.81. The van der Waals surface area contributed by atoms with Crippen molar-refractivity contribution in [1.82, 2.24) is 20.9 Å². The van der Waals surface area contributed by atoms with E-state index in [1.807, 2.05) is 39.2 Å². The number of aliphatic imine (C=N–C) groups is 1. The number of likely N-dealkylation sites (N-methyl/N-ethyl adjacent to an activating group) is 1. The van der Waals surface area contributed by atoms with E-state index in [0.29, 0.717) is 19.6 Å². The number of guanidine groups is 1. The number of rotatable bonds is 10. The molecule has 1 saturated carbocycles. The second-order valence-electron chi connectivity index (χ2n) is 6.97. The van der Waals surface area contributed by atoms with Gasteiger partial charge in [-0.25, -0.2) is 0 Å². The molecule has 7 nitrogen and oxygen atoms in total. The maximum atomic E-state index is 11.7. The number of carbonyl (C=O) groups is 1. The summed E-state index contributed by atoms with van der Waals surface area (Å²) in [6.45, 7) is 4.69. The second kappa shape index (κ2) is 10.8. The molecular weight excluding hydrogens is 342 g/mol. The van der Waals surface area contributed by atoms with E-state index in [0.717, 1.165) is 36.7 Å². The minimum Gasteiger partial charge on any atom is -0.497 e. The van der Waals surface area contributed by atoms with Gasteiger partial charge in [-0.3, -0.25) is 9.79 Å². The molecule has 27 heavy (non-hydrogen) atoms. The van der Waals surface area contributed by atoms with Crippen LogP contribution in [0.1, 0.15) is 31.4 Å². The smallest absolute Gasteiger partial charge is 0.223 e. The number of nitrogens with one attached hydrogen (secondary N) is 3. The molecule has 1 aromatic carbocycles. The summed E-state index contributed by atoms with van der Waals surface area (Å²) in [6.07, 6.45) is 2.05. The van der Waals surface area contributed by atoms with Crippen molar-refractivity contribution in [3.63, 3.8) is 0 Å². The predicted octanol–water partition coefficient (Wildman–Crippen LogP) is 1.38. The van der Waals surface area contributed by atoms with Gasteiger partial charge in [0.1, 0.15) is 5.75 Å². The lowest BCUT2D eigenvalue weighted by atomic mass is 10.1. The van der Waals surface area contributed by atoms with Crippen LogP contribution in [0, 0.1) is 5.92 Å². The van der Waals surface area contributed by atoms with Crippen molar-refractivity contribution in [3.8, 4) is 5.75 Å². The number of ether oxygens (including phenoxy) is 1. The molecule has 2 rings (SSSR count). The van der Waals surface area contributed by atoms with E-state index in [1.165, 1.54) is 0 Å². The summed E-state index contributed by atoms with van der Waals surface area (Å²) < 4.78 is 5.34. The zero-order chi connectivity index (χ0) is 19.6. The van der Waals surface area contributed by atoms with Crippen LogP contribution in [0.5, 0.6) is 5.75 Å². The highest BCUT2D eigenvalue weighted by Gasteiger charge is 2.28. The van der Waals surface area contributed by atoms with Crippen LogP contribution >= 0.6 is 0 Å². The Labute approximate surface area is 162 Å². The third kappa shape index (κ3) is 7.09. The van der Waals surface area contributed by atoms with Gasteiger partial charge in [0.05, 0.1) is 19.7 Å². The number of amides is 1. The van der Waals surface area contributed by atoms with Crippen molar-refractivity contribution >= 4 is 11.9 Å². The molecule has 1 fully saturated rings. The average molecular weight is 376 g/mol. The lowest BCUT2D eigenvalue weighted by Gasteiger charge is -2.24. The summed E-state index contributed by atoms with van der Waals surface area (Å²) in [6, 6.07) is 8.23. The monoisotopic (exact) mass is 375 g/mol. The van der Waals surface area contributed by atoms with E-state index in [1.54, 1.807) is 7.11 Å². The number of nitrogens with zero attached hydrogens (tertiary/aromatic N) is 2. The van der Waals surface area contributed by atoms with E-state index in [2.05, 4.69) is 26.9 Å². The Kier molecular flexibility index (Phi) is 8.39. The third-order valence-corrected chi connectivity index (χ3v) is 4.53. The Morgan fingerprint density at radius 2 is 2.00 bits per heavy atom. The fraction of sp³-hybridized carbons (Fsp3) is 0.600. The van der Waals surface area contributed by atoms with Crippen LogP contribution in [-0.2, 0) is 4.79 Å². The normalized spacial score (nSPS) is 15.4. The van der Waals surface area contributed by atoms with Crippen molar-refractivity contribution in [3.05, 3.63) is 29.8 Å². The summed E-state index contributed by atoms with van der Waals surface area (Å²) in [7, 11) is 5.78. The third-order valence-electron chi connectivity index (χ3n) is 4.53. The van der Waals surface area contributed by atoms with Gasteiger partial charge < -0.3 is 25.6 Å². The van der Waals surface area contributed by atoms with Gasteiger partial charge in [-0.2, -0.15) is 0 Å². The van der Waals surface area contributed by atoms with Gasteiger partial charge in [0.2, 0.25) is 5.91 Å². The lowest BCUT2D eigenvalue weighted by molar-refractivity contribution is -0.122. The Morgan fingerprint density at radius 3 is 2.63 bits per heavy atom. The highest BCUT2D eigenvalue weighted by Crippen LogP contribution is 2.28. The maximum absolute atomic E-state index is 11.7. The molecule has 1 unspecified atom stereocenters. The molecule has 150 valence electrons. The van der Waals surface area contributed by atoms with Crippen LogP contribution in [0.15, 0.2) is 29.3 Å². The molecule has 3 N–H and O–H groups in total. The molecule has 0 bridgehead atoms. The summed E-state index contributed by atoms with van der Waals surface area (Å²) in [5.74, 6) is 2.02. The van der Waals surface area contributed by atoms with E-state index >= 15 is 0 Å². The summed E-state index contributed by atoms with van der Waals surface area (Å²) in [5.41, 5.74) is 1.16. The molecule has 0 aromatic heterocycles. The van der Waals surface area contributed by atoms with Gasteiger partial charge in [-0.15, -0.1) is 0 Å². The molecule has 0 aliphatic heterocycles. The molecule has 0 radical (unpaired) electrons. The summed E-state index contributed by atoms with van der Waals surface area (Å²) in [5, 5.41) is 9.50. The van der Waals surface area contributed by atoms with E-state index in [4.69, 9.17) is 9.73 Å². The van der Waals surface area contributed by atoms with E-state index in [-0.39, 0.29) is 17.9 Å². The Hall–Kier alpha value is -2.28. The van der Waals surface area contributed by atoms with Crippen molar-refractivity contribution in [2.45, 2.75) is 25.8 Å². The van der Waals surface area contributed by atoms with E-state index < -0.39 is 0 Å². The Balaban J connectivity index is 1.91. The summed E-state index contributed by atoms with van der Waals surface area (Å²) >= 11 is 0. The van der Waals surface area contributed by atoms with Crippen LogP contribution in [0.4, 0.5) is 0 Å². The molecule has 1 atom stereocenters. The van der Waals surface area contributed by atoms with Crippen LogP contribution in [0.3, 0.4) is 0 Å². The number of hydrogen-bond acceptors (Lipinski definition) is 4. The maximum Gasteiger partial charge on any atom is 0.223 e. The molecule has 0 saturated heterocycles. The van der Waals surface area contributed by atoms with Crippen molar-refractivity contribution in [1.29, 1.82) is 0 Å². The first-order valence-corrected chi connectivity index (χ1v) is 9.65. The fourth-order valence-electron chi connectivity index (χ4n) is 2.79. The molecule has 0 heterocycles. The van der Waals surface area contributed by atoms with Crippen molar-refractivity contribution in [2.24, 2.45) is 10.9 Å². The minimum absolute atomic E-state index is 0.144. The number of benzene rings is 1. The molecule has 1 aromatic rings. The fourth-order valence-corrected chi connectivity index (χ4v) is 2.79. The number of methoxy groups -OCH3 is 1. The summed E-state index contributed by atoms with van der Waals surface area (Å²) in [4.78, 5) is 18.6. The molecule has 1 aliphatic carbocycles. The quantitative estimate of drug-likeness (QED) is 0.327. The minimum atomic E-state index is 0.144. The molecule has 1 aliphatic rings. The molecule has 0 spiro atoms. The van der Waals surface area contributed by atoms with Crippen LogP contribution in [-0.4, -0.2) is 64.2 Å².